The molecule has 8 rings (SSSR count). The summed E-state index contributed by atoms with van der Waals surface area (Å²) in [5.41, 5.74) is 4.17. The Morgan fingerprint density at radius 2 is 1.02 bits per heavy atom. The summed E-state index contributed by atoms with van der Waals surface area (Å²) < 4.78 is 32.3. The molecule has 2 unspecified atom stereocenters. The summed E-state index contributed by atoms with van der Waals surface area (Å²) in [4.78, 5) is 4.37. The molecule has 0 N–H and O–H groups in total. The first kappa shape index (κ1) is 33.8. The Kier molecular flexibility index (Phi) is 8.06. The second-order valence-electron chi connectivity index (χ2n) is 14.6. The predicted molar refractivity (Wildman–Crippen MR) is 205 cm³/mol. The number of anilines is 2. The third-order valence-corrected chi connectivity index (χ3v) is 11.7. The molecule has 9 heteroatoms. The van der Waals surface area contributed by atoms with Crippen LogP contribution < -0.4 is 28.7 Å². The van der Waals surface area contributed by atoms with E-state index in [4.69, 9.17) is 46.9 Å². The first-order valence-corrected chi connectivity index (χ1v) is 18.1. The van der Waals surface area contributed by atoms with E-state index in [1.807, 2.05) is 60.7 Å². The quantitative estimate of drug-likeness (QED) is 0.168. The van der Waals surface area contributed by atoms with Gasteiger partial charge in [-0.1, -0.05) is 47.5 Å². The van der Waals surface area contributed by atoms with Crippen LogP contribution in [0.2, 0.25) is 10.0 Å². The Hall–Kier alpha value is -4.30. The maximum Gasteiger partial charge on any atom is 0.212 e. The zero-order valence-corrected chi connectivity index (χ0v) is 31.3. The molecule has 0 amide bonds. The lowest BCUT2D eigenvalue weighted by Gasteiger charge is -2.46. The highest BCUT2D eigenvalue weighted by Crippen LogP contribution is 2.57. The third kappa shape index (κ3) is 5.03. The first-order valence-electron chi connectivity index (χ1n) is 17.3. The SMILES string of the molecule is CN1c2ccc(Cl)cc2C(C)(C)C12C=Cc1cccc(OCCOCCOc3cccc4c3OC3(C=C4)N(C)c4ccc(Cl)cc4C3(C)C)c1O2. The lowest BCUT2D eigenvalue weighted by Crippen LogP contribution is -2.58. The number of hydrogen-bond donors (Lipinski definition) is 0. The molecule has 4 aliphatic rings. The van der Waals surface area contributed by atoms with Gasteiger partial charge in [0.25, 0.3) is 0 Å². The lowest BCUT2D eigenvalue weighted by atomic mass is 9.76. The van der Waals surface area contributed by atoms with Gasteiger partial charge in [-0.3, -0.25) is 0 Å². The number of nitrogens with zero attached hydrogens (tertiary/aromatic N) is 2. The van der Waals surface area contributed by atoms with Crippen LogP contribution in [-0.4, -0.2) is 52.0 Å². The molecule has 264 valence electrons. The van der Waals surface area contributed by atoms with Crippen molar-refractivity contribution in [2.24, 2.45) is 0 Å². The van der Waals surface area contributed by atoms with Crippen LogP contribution in [0.1, 0.15) is 49.9 Å². The van der Waals surface area contributed by atoms with E-state index in [-0.39, 0.29) is 10.8 Å². The second-order valence-corrected chi connectivity index (χ2v) is 15.5. The molecule has 0 aromatic heterocycles. The third-order valence-electron chi connectivity index (χ3n) is 11.3. The molecule has 2 spiro atoms. The summed E-state index contributed by atoms with van der Waals surface area (Å²) in [6, 6.07) is 24.0. The molecule has 0 saturated heterocycles. The minimum absolute atomic E-state index is 0.356. The van der Waals surface area contributed by atoms with Gasteiger partial charge in [-0.15, -0.1) is 0 Å². The highest BCUT2D eigenvalue weighted by atomic mass is 35.5. The zero-order valence-electron chi connectivity index (χ0n) is 29.8. The summed E-state index contributed by atoms with van der Waals surface area (Å²) in [6.45, 7) is 10.2. The highest BCUT2D eigenvalue weighted by Gasteiger charge is 2.59. The van der Waals surface area contributed by atoms with Gasteiger partial charge in [0.2, 0.25) is 11.4 Å². The van der Waals surface area contributed by atoms with Crippen molar-refractivity contribution in [3.8, 4) is 23.0 Å². The number of benzene rings is 4. The summed E-state index contributed by atoms with van der Waals surface area (Å²) in [5.74, 6) is 2.78. The molecule has 0 radical (unpaired) electrons. The van der Waals surface area contributed by atoms with Crippen molar-refractivity contribution < 1.29 is 23.7 Å². The molecule has 4 heterocycles. The second kappa shape index (κ2) is 12.1. The molecule has 4 aromatic rings. The Labute approximate surface area is 309 Å². The van der Waals surface area contributed by atoms with E-state index in [0.29, 0.717) is 59.5 Å². The Balaban J connectivity index is 0.889. The standard InChI is InChI=1S/C42H42Cl2N2O5/c1-39(2)31-25-29(43)13-15-33(31)45(5)41(39)19-17-27-9-7-11-35(37(27)50-41)48-23-21-47-22-24-49-36-12-8-10-28-18-20-42(51-38(28)36)40(3,4)32-26-30(44)14-16-34(32)46(42)6/h7-20,25-26H,21-24H2,1-6H3. The number of likely N-dealkylation sites (N-methyl/N-ethyl adjacent to an activating group) is 2. The van der Waals surface area contributed by atoms with Crippen LogP contribution >= 0.6 is 23.2 Å². The van der Waals surface area contributed by atoms with Gasteiger partial charge in [-0.25, -0.2) is 0 Å². The van der Waals surface area contributed by atoms with Crippen LogP contribution in [0.25, 0.3) is 12.2 Å². The number of ether oxygens (including phenoxy) is 5. The molecule has 2 atom stereocenters. The van der Waals surface area contributed by atoms with E-state index >= 15 is 0 Å². The Morgan fingerprint density at radius 3 is 1.45 bits per heavy atom. The summed E-state index contributed by atoms with van der Waals surface area (Å²) in [6.07, 6.45) is 8.52. The number of halogens is 2. The Morgan fingerprint density at radius 1 is 0.588 bits per heavy atom. The number of rotatable bonds is 8. The van der Waals surface area contributed by atoms with Gasteiger partial charge in [-0.2, -0.15) is 0 Å². The van der Waals surface area contributed by atoms with Crippen LogP contribution in [0.4, 0.5) is 11.4 Å². The van der Waals surface area contributed by atoms with Gasteiger partial charge in [0.05, 0.1) is 24.0 Å². The predicted octanol–water partition coefficient (Wildman–Crippen LogP) is 9.53. The van der Waals surface area contributed by atoms with Crippen molar-refractivity contribution in [2.45, 2.75) is 50.0 Å². The minimum Gasteiger partial charge on any atom is -0.487 e. The largest absolute Gasteiger partial charge is 0.487 e. The average molecular weight is 726 g/mol. The summed E-state index contributed by atoms with van der Waals surface area (Å²) in [7, 11) is 4.12. The fourth-order valence-electron chi connectivity index (χ4n) is 8.30. The summed E-state index contributed by atoms with van der Waals surface area (Å²) in [5, 5.41) is 1.42. The molecule has 4 aliphatic heterocycles. The fraction of sp³-hybridized carbons (Fsp3) is 0.333. The van der Waals surface area contributed by atoms with Crippen molar-refractivity contribution in [1.29, 1.82) is 0 Å². The highest BCUT2D eigenvalue weighted by molar-refractivity contribution is 6.31. The van der Waals surface area contributed by atoms with Crippen LogP contribution in [0.5, 0.6) is 23.0 Å². The zero-order chi connectivity index (χ0) is 35.8. The maximum atomic E-state index is 6.91. The van der Waals surface area contributed by atoms with Crippen LogP contribution in [0.15, 0.2) is 84.9 Å². The topological polar surface area (TPSA) is 52.6 Å². The van der Waals surface area contributed by atoms with Crippen molar-refractivity contribution in [2.75, 3.05) is 50.3 Å². The van der Waals surface area contributed by atoms with Gasteiger partial charge < -0.3 is 33.5 Å². The van der Waals surface area contributed by atoms with E-state index < -0.39 is 11.4 Å². The van der Waals surface area contributed by atoms with Gasteiger partial charge in [0.15, 0.2) is 23.0 Å². The van der Waals surface area contributed by atoms with E-state index in [9.17, 15) is 0 Å². The van der Waals surface area contributed by atoms with E-state index in [0.717, 1.165) is 33.6 Å². The van der Waals surface area contributed by atoms with Gasteiger partial charge >= 0.3 is 0 Å². The molecular formula is C42H42Cl2N2O5. The summed E-state index contributed by atoms with van der Waals surface area (Å²) >= 11 is 12.8. The van der Waals surface area contributed by atoms with Crippen LogP contribution in [0.3, 0.4) is 0 Å². The fourth-order valence-corrected chi connectivity index (χ4v) is 8.64. The van der Waals surface area contributed by atoms with Gasteiger partial charge in [-0.05, 0) is 112 Å². The van der Waals surface area contributed by atoms with Crippen molar-refractivity contribution in [1.82, 2.24) is 0 Å². The van der Waals surface area contributed by atoms with Crippen molar-refractivity contribution in [3.05, 3.63) is 117 Å². The molecule has 0 aliphatic carbocycles. The number of para-hydroxylation sites is 2. The van der Waals surface area contributed by atoms with E-state index in [1.165, 1.54) is 0 Å². The molecular weight excluding hydrogens is 683 g/mol. The molecule has 0 fully saturated rings. The molecule has 4 aromatic carbocycles. The average Bonchev–Trinajstić information content (AvgIpc) is 3.37. The van der Waals surface area contributed by atoms with E-state index in [2.05, 4.69) is 88.0 Å². The van der Waals surface area contributed by atoms with Crippen LogP contribution in [-0.2, 0) is 15.6 Å². The molecule has 51 heavy (non-hydrogen) atoms. The van der Waals surface area contributed by atoms with Gasteiger partial charge in [0, 0.05) is 46.6 Å². The molecule has 0 bridgehead atoms. The number of hydrogen-bond acceptors (Lipinski definition) is 7. The first-order chi connectivity index (χ1) is 24.4. The van der Waals surface area contributed by atoms with E-state index in [1.54, 1.807) is 0 Å². The molecule has 0 saturated carbocycles. The normalized spacial score (nSPS) is 22.7. The Bertz CT molecular complexity index is 1950. The van der Waals surface area contributed by atoms with Gasteiger partial charge in [0.1, 0.15) is 13.2 Å². The lowest BCUT2D eigenvalue weighted by molar-refractivity contribution is 0.0462. The number of fused-ring (bicyclic) bond motifs is 4. The van der Waals surface area contributed by atoms with Crippen LogP contribution in [0, 0.1) is 0 Å². The monoisotopic (exact) mass is 724 g/mol. The van der Waals surface area contributed by atoms with Crippen molar-refractivity contribution >= 4 is 46.7 Å². The minimum atomic E-state index is -0.739. The molecule has 7 nitrogen and oxygen atoms in total. The maximum absolute atomic E-state index is 6.91. The smallest absolute Gasteiger partial charge is 0.212 e. The van der Waals surface area contributed by atoms with Crippen molar-refractivity contribution in [3.63, 3.8) is 0 Å².